The molecule has 2 heterocycles. The van der Waals surface area contributed by atoms with Crippen LogP contribution in [0.3, 0.4) is 0 Å². The molecule has 0 aliphatic carbocycles. The molecule has 0 bridgehead atoms. The van der Waals surface area contributed by atoms with Crippen LogP contribution in [0.15, 0.2) is 60.9 Å². The molecule has 0 fully saturated rings. The number of nitrogens with zero attached hydrogens (tertiary/aromatic N) is 3. The molecule has 0 saturated carbocycles. The molecule has 0 radical (unpaired) electrons. The molecule has 0 aliphatic rings. The Hall–Kier alpha value is -2.60. The first-order chi connectivity index (χ1) is 16.1. The number of hydrogen-bond donors (Lipinski definition) is 2. The van der Waals surface area contributed by atoms with Gasteiger partial charge in [0.25, 0.3) is 0 Å². The van der Waals surface area contributed by atoms with Crippen molar-refractivity contribution in [2.75, 3.05) is 43.9 Å². The zero-order valence-electron chi connectivity index (χ0n) is 18.8. The fourth-order valence-corrected chi connectivity index (χ4v) is 4.30. The first kappa shape index (κ1) is 23.6. The molecule has 0 saturated heterocycles. The summed E-state index contributed by atoms with van der Waals surface area (Å²) in [7, 11) is 2.19. The van der Waals surface area contributed by atoms with E-state index in [1.165, 1.54) is 0 Å². The second-order valence-electron chi connectivity index (χ2n) is 8.26. The molecule has 172 valence electrons. The lowest BCUT2D eigenvalue weighted by Crippen LogP contribution is -2.23. The van der Waals surface area contributed by atoms with E-state index in [4.69, 9.17) is 23.2 Å². The second-order valence-corrected chi connectivity index (χ2v) is 9.13. The van der Waals surface area contributed by atoms with Crippen molar-refractivity contribution in [3.63, 3.8) is 0 Å². The van der Waals surface area contributed by atoms with Crippen LogP contribution in [-0.4, -0.2) is 48.1 Å². The Labute approximate surface area is 205 Å². The molecule has 0 unspecified atom stereocenters. The Bertz CT molecular complexity index is 1210. The predicted octanol–water partition coefficient (Wildman–Crippen LogP) is 6.72. The van der Waals surface area contributed by atoms with Gasteiger partial charge in [0.15, 0.2) is 0 Å². The van der Waals surface area contributed by atoms with E-state index in [9.17, 15) is 0 Å². The van der Waals surface area contributed by atoms with Crippen molar-refractivity contribution in [2.45, 2.75) is 19.3 Å². The topological polar surface area (TPSA) is 53.1 Å². The van der Waals surface area contributed by atoms with Crippen molar-refractivity contribution < 1.29 is 0 Å². The average Bonchev–Trinajstić information content (AvgIpc) is 2.81. The molecule has 4 aromatic rings. The van der Waals surface area contributed by atoms with Gasteiger partial charge in [-0.2, -0.15) is 0 Å². The van der Waals surface area contributed by atoms with Crippen LogP contribution in [0, 0.1) is 0 Å². The van der Waals surface area contributed by atoms with Crippen LogP contribution in [0.5, 0.6) is 0 Å². The number of hydrogen-bond acceptors (Lipinski definition) is 5. The van der Waals surface area contributed by atoms with Crippen molar-refractivity contribution in [2.24, 2.45) is 0 Å². The summed E-state index contributed by atoms with van der Waals surface area (Å²) in [4.78, 5) is 11.2. The summed E-state index contributed by atoms with van der Waals surface area (Å²) in [5.41, 5.74) is 4.06. The van der Waals surface area contributed by atoms with Crippen LogP contribution in [-0.2, 0) is 0 Å². The minimum absolute atomic E-state index is 0.711. The van der Waals surface area contributed by atoms with Gasteiger partial charge < -0.3 is 15.5 Å². The maximum Gasteiger partial charge on any atom is 0.0737 e. The summed E-state index contributed by atoms with van der Waals surface area (Å²) in [5, 5.41) is 10.7. The highest BCUT2D eigenvalue weighted by Gasteiger charge is 2.04. The minimum atomic E-state index is 0.711. The Balaban J connectivity index is 1.14. The van der Waals surface area contributed by atoms with E-state index >= 15 is 0 Å². The molecule has 7 heteroatoms. The van der Waals surface area contributed by atoms with Crippen LogP contribution in [0.4, 0.5) is 11.4 Å². The number of pyridine rings is 2. The fraction of sp³-hybridized carbons (Fsp3) is 0.308. The van der Waals surface area contributed by atoms with Crippen LogP contribution in [0.25, 0.3) is 21.8 Å². The molecule has 5 nitrogen and oxygen atoms in total. The molecule has 4 rings (SSSR count). The van der Waals surface area contributed by atoms with Crippen molar-refractivity contribution in [1.29, 1.82) is 0 Å². The molecule has 0 spiro atoms. The molecular weight excluding hydrogens is 453 g/mol. The number of anilines is 2. The van der Waals surface area contributed by atoms with Gasteiger partial charge in [-0.1, -0.05) is 23.2 Å². The van der Waals surface area contributed by atoms with Crippen LogP contribution < -0.4 is 10.6 Å². The predicted molar refractivity (Wildman–Crippen MR) is 142 cm³/mol. The largest absolute Gasteiger partial charge is 0.384 e. The molecule has 2 aromatic heterocycles. The molecule has 0 aliphatic heterocycles. The van der Waals surface area contributed by atoms with E-state index in [1.54, 1.807) is 0 Å². The number of nitrogens with one attached hydrogen (secondary N) is 2. The van der Waals surface area contributed by atoms with Gasteiger partial charge in [0.2, 0.25) is 0 Å². The van der Waals surface area contributed by atoms with Gasteiger partial charge in [0.1, 0.15) is 0 Å². The zero-order chi connectivity index (χ0) is 23.0. The highest BCUT2D eigenvalue weighted by atomic mass is 35.5. The second kappa shape index (κ2) is 11.5. The number of fused-ring (bicyclic) bond motifs is 2. The Morgan fingerprint density at radius 3 is 1.79 bits per heavy atom. The summed E-state index contributed by atoms with van der Waals surface area (Å²) < 4.78 is 0. The Morgan fingerprint density at radius 2 is 1.21 bits per heavy atom. The van der Waals surface area contributed by atoms with Crippen molar-refractivity contribution in [1.82, 2.24) is 14.9 Å². The van der Waals surface area contributed by atoms with Gasteiger partial charge in [0.05, 0.1) is 11.0 Å². The molecule has 2 aromatic carbocycles. The van der Waals surface area contributed by atoms with E-state index in [-0.39, 0.29) is 0 Å². The summed E-state index contributed by atoms with van der Waals surface area (Å²) in [6.07, 6.45) is 7.00. The molecule has 2 N–H and O–H groups in total. The SMILES string of the molecule is CN(CCCCNc1ccnc2cc(Cl)ccc12)CCCNc1ccnc2cc(Cl)ccc12. The molecule has 0 atom stereocenters. The van der Waals surface area contributed by atoms with E-state index in [0.29, 0.717) is 10.0 Å². The third-order valence-electron chi connectivity index (χ3n) is 5.72. The summed E-state index contributed by atoms with van der Waals surface area (Å²) in [6, 6.07) is 15.7. The molecule has 33 heavy (non-hydrogen) atoms. The summed E-state index contributed by atoms with van der Waals surface area (Å²) in [5.74, 6) is 0. The highest BCUT2D eigenvalue weighted by molar-refractivity contribution is 6.31. The lowest BCUT2D eigenvalue weighted by molar-refractivity contribution is 0.326. The maximum atomic E-state index is 6.08. The number of aromatic nitrogens is 2. The van der Waals surface area contributed by atoms with Gasteiger partial charge >= 0.3 is 0 Å². The molecular formula is C26H29Cl2N5. The number of benzene rings is 2. The third-order valence-corrected chi connectivity index (χ3v) is 6.19. The van der Waals surface area contributed by atoms with Crippen LogP contribution >= 0.6 is 23.2 Å². The lowest BCUT2D eigenvalue weighted by atomic mass is 10.2. The Kier molecular flexibility index (Phi) is 8.21. The average molecular weight is 482 g/mol. The van der Waals surface area contributed by atoms with Gasteiger partial charge in [0, 0.05) is 57.7 Å². The molecule has 0 amide bonds. The van der Waals surface area contributed by atoms with Crippen LogP contribution in [0.2, 0.25) is 10.0 Å². The Morgan fingerprint density at radius 1 is 0.697 bits per heavy atom. The monoisotopic (exact) mass is 481 g/mol. The summed E-state index contributed by atoms with van der Waals surface area (Å²) in [6.45, 7) is 4.01. The van der Waals surface area contributed by atoms with Gasteiger partial charge in [-0.3, -0.25) is 9.97 Å². The first-order valence-electron chi connectivity index (χ1n) is 11.3. The summed E-state index contributed by atoms with van der Waals surface area (Å²) >= 11 is 12.2. The normalized spacial score (nSPS) is 11.4. The van der Waals surface area contributed by atoms with Crippen molar-refractivity contribution in [3.05, 3.63) is 71.0 Å². The standard InChI is InChI=1S/C26H29Cl2N5/c1-33(16-4-12-30-24-10-14-32-26-18-20(28)6-8-22(24)26)15-3-2-11-29-23-9-13-31-25-17-19(27)5-7-21(23)25/h5-10,13-14,17-18H,2-4,11-12,15-16H2,1H3,(H,29,31)(H,30,32). The highest BCUT2D eigenvalue weighted by Crippen LogP contribution is 2.25. The number of unbranched alkanes of at least 4 members (excludes halogenated alkanes) is 1. The fourth-order valence-electron chi connectivity index (χ4n) is 3.96. The van der Waals surface area contributed by atoms with E-state index in [2.05, 4.69) is 32.5 Å². The van der Waals surface area contributed by atoms with E-state index in [0.717, 1.165) is 78.6 Å². The van der Waals surface area contributed by atoms with Gasteiger partial charge in [-0.25, -0.2) is 0 Å². The minimum Gasteiger partial charge on any atom is -0.384 e. The van der Waals surface area contributed by atoms with E-state index < -0.39 is 0 Å². The smallest absolute Gasteiger partial charge is 0.0737 e. The van der Waals surface area contributed by atoms with Crippen molar-refractivity contribution >= 4 is 56.4 Å². The number of halogens is 2. The number of rotatable bonds is 11. The van der Waals surface area contributed by atoms with E-state index in [1.807, 2.05) is 60.9 Å². The first-order valence-corrected chi connectivity index (χ1v) is 12.1. The maximum absolute atomic E-state index is 6.08. The van der Waals surface area contributed by atoms with Crippen LogP contribution in [0.1, 0.15) is 19.3 Å². The van der Waals surface area contributed by atoms with Crippen molar-refractivity contribution in [3.8, 4) is 0 Å². The van der Waals surface area contributed by atoms with Gasteiger partial charge in [-0.15, -0.1) is 0 Å². The van der Waals surface area contributed by atoms with Gasteiger partial charge in [-0.05, 0) is 87.9 Å². The quantitative estimate of drug-likeness (QED) is 0.233. The zero-order valence-corrected chi connectivity index (χ0v) is 20.3. The lowest BCUT2D eigenvalue weighted by Gasteiger charge is -2.17. The third kappa shape index (κ3) is 6.47.